The molecule has 0 fully saturated rings. The number of hydrazone groups is 1. The molecule has 0 atom stereocenters. The Morgan fingerprint density at radius 3 is 2.35 bits per heavy atom. The third kappa shape index (κ3) is 8.17. The number of halogens is 4. The number of carbonyl (C=O) groups is 3. The second-order valence-corrected chi connectivity index (χ2v) is 8.83. The van der Waals surface area contributed by atoms with E-state index in [1.807, 2.05) is 0 Å². The van der Waals surface area contributed by atoms with Crippen LogP contribution in [0, 0.1) is 5.82 Å². The van der Waals surface area contributed by atoms with Gasteiger partial charge in [-0.3, -0.25) is 14.4 Å². The smallest absolute Gasteiger partial charge is 0.329 e. The number of carbonyl (C=O) groups excluding carboxylic acids is 3. The molecule has 0 unspecified atom stereocenters. The number of methoxy groups -OCH3 is 1. The first-order valence-corrected chi connectivity index (χ1v) is 11.9. The van der Waals surface area contributed by atoms with Crippen molar-refractivity contribution in [3.8, 4) is 11.5 Å². The number of nitrogens with zero attached hydrogens (tertiary/aromatic N) is 1. The summed E-state index contributed by atoms with van der Waals surface area (Å²) in [6.45, 7) is -0.331. The molecule has 0 aliphatic rings. The Bertz CT molecular complexity index is 1360. The van der Waals surface area contributed by atoms with Gasteiger partial charge in [0.15, 0.2) is 18.1 Å². The van der Waals surface area contributed by atoms with Gasteiger partial charge in [0.2, 0.25) is 0 Å². The van der Waals surface area contributed by atoms with Crippen LogP contribution in [0.3, 0.4) is 0 Å². The van der Waals surface area contributed by atoms with Crippen molar-refractivity contribution >= 4 is 74.4 Å². The van der Waals surface area contributed by atoms with Crippen LogP contribution in [0.1, 0.15) is 5.56 Å². The number of hydrogen-bond acceptors (Lipinski definition) is 6. The van der Waals surface area contributed by atoms with Crippen molar-refractivity contribution in [3.05, 3.63) is 80.5 Å². The maximum absolute atomic E-state index is 12.9. The first-order chi connectivity index (χ1) is 17.7. The third-order valence-electron chi connectivity index (χ3n) is 4.49. The van der Waals surface area contributed by atoms with Crippen molar-refractivity contribution in [1.29, 1.82) is 0 Å². The zero-order chi connectivity index (χ0) is 26.9. The molecule has 3 rings (SSSR count). The number of amides is 3. The van der Waals surface area contributed by atoms with Crippen LogP contribution < -0.4 is 25.5 Å². The molecule has 13 heteroatoms. The third-order valence-corrected chi connectivity index (χ3v) is 5.82. The highest BCUT2D eigenvalue weighted by atomic mass is 79.9. The van der Waals surface area contributed by atoms with Crippen molar-refractivity contribution in [1.82, 2.24) is 5.43 Å². The molecule has 192 valence electrons. The molecule has 3 amide bonds. The van der Waals surface area contributed by atoms with Gasteiger partial charge >= 0.3 is 11.8 Å². The van der Waals surface area contributed by atoms with Gasteiger partial charge < -0.3 is 20.1 Å². The second kappa shape index (κ2) is 13.0. The van der Waals surface area contributed by atoms with Gasteiger partial charge in [-0.25, -0.2) is 9.82 Å². The molecule has 3 aromatic rings. The van der Waals surface area contributed by atoms with Crippen molar-refractivity contribution in [2.45, 2.75) is 0 Å². The van der Waals surface area contributed by atoms with Crippen LogP contribution in [0.15, 0.2) is 64.2 Å². The number of hydrogen-bond donors (Lipinski definition) is 3. The second-order valence-electron chi connectivity index (χ2n) is 7.16. The fourth-order valence-electron chi connectivity index (χ4n) is 2.80. The van der Waals surface area contributed by atoms with Gasteiger partial charge in [-0.15, -0.1) is 0 Å². The molecule has 0 saturated heterocycles. The van der Waals surface area contributed by atoms with Gasteiger partial charge in [-0.2, -0.15) is 5.10 Å². The fourth-order valence-corrected chi connectivity index (χ4v) is 3.67. The maximum Gasteiger partial charge on any atom is 0.329 e. The lowest BCUT2D eigenvalue weighted by Gasteiger charge is -2.13. The summed E-state index contributed by atoms with van der Waals surface area (Å²) in [5.41, 5.74) is 3.28. The van der Waals surface area contributed by atoms with E-state index >= 15 is 0 Å². The number of rotatable bonds is 8. The predicted octanol–water partition coefficient (Wildman–Crippen LogP) is 5.01. The van der Waals surface area contributed by atoms with Crippen LogP contribution in [-0.4, -0.2) is 37.7 Å². The largest absolute Gasteiger partial charge is 0.493 e. The molecule has 0 bridgehead atoms. The standard InChI is InChI=1S/C24H18BrCl2FN4O5/c1-36-20-9-13(11-29-32-24(35)23(34)31-15-4-2-14(28)3-5-15)8-17(25)22(20)37-12-21(33)30-16-6-7-18(26)19(27)10-16/h2-11H,12H2,1H3,(H,30,33)(H,31,34)(H,32,35)/b29-11-. The number of anilines is 2. The van der Waals surface area contributed by atoms with E-state index < -0.39 is 23.5 Å². The molecule has 0 aliphatic heterocycles. The van der Waals surface area contributed by atoms with Crippen LogP contribution in [0.5, 0.6) is 11.5 Å². The summed E-state index contributed by atoms with van der Waals surface area (Å²) < 4.78 is 24.3. The molecule has 37 heavy (non-hydrogen) atoms. The molecule has 3 aromatic carbocycles. The molecule has 9 nitrogen and oxygen atoms in total. The van der Waals surface area contributed by atoms with Gasteiger partial charge in [0.05, 0.1) is 27.8 Å². The lowest BCUT2D eigenvalue weighted by atomic mass is 10.2. The Balaban J connectivity index is 1.58. The van der Waals surface area contributed by atoms with Crippen LogP contribution in [-0.2, 0) is 14.4 Å². The van der Waals surface area contributed by atoms with E-state index in [4.69, 9.17) is 32.7 Å². The number of nitrogens with one attached hydrogen (secondary N) is 3. The summed E-state index contributed by atoms with van der Waals surface area (Å²) in [6.07, 6.45) is 1.27. The summed E-state index contributed by atoms with van der Waals surface area (Å²) in [7, 11) is 1.41. The van der Waals surface area contributed by atoms with E-state index in [9.17, 15) is 18.8 Å². The highest BCUT2D eigenvalue weighted by Crippen LogP contribution is 2.36. The molecule has 3 N–H and O–H groups in total. The summed E-state index contributed by atoms with van der Waals surface area (Å²) in [5.74, 6) is -2.40. The average molecular weight is 612 g/mol. The average Bonchev–Trinajstić information content (AvgIpc) is 2.86. The lowest BCUT2D eigenvalue weighted by Crippen LogP contribution is -2.32. The van der Waals surface area contributed by atoms with Crippen LogP contribution in [0.25, 0.3) is 0 Å². The van der Waals surface area contributed by atoms with E-state index in [0.717, 1.165) is 12.1 Å². The first kappa shape index (κ1) is 27.9. The predicted molar refractivity (Wildman–Crippen MR) is 142 cm³/mol. The zero-order valence-corrected chi connectivity index (χ0v) is 22.1. The molecule has 0 aliphatic carbocycles. The van der Waals surface area contributed by atoms with E-state index in [-0.39, 0.29) is 23.8 Å². The highest BCUT2D eigenvalue weighted by molar-refractivity contribution is 9.10. The fraction of sp³-hybridized carbons (Fsp3) is 0.0833. The Morgan fingerprint density at radius 2 is 1.68 bits per heavy atom. The normalized spacial score (nSPS) is 10.6. The quantitative estimate of drug-likeness (QED) is 0.188. The molecular weight excluding hydrogens is 594 g/mol. The summed E-state index contributed by atoms with van der Waals surface area (Å²) in [5, 5.41) is 9.37. The summed E-state index contributed by atoms with van der Waals surface area (Å²) >= 11 is 15.2. The van der Waals surface area contributed by atoms with Crippen molar-refractivity contribution in [2.24, 2.45) is 5.10 Å². The SMILES string of the molecule is COc1cc(/C=N\NC(=O)C(=O)Nc2ccc(F)cc2)cc(Br)c1OCC(=O)Nc1ccc(Cl)c(Cl)c1. The van der Waals surface area contributed by atoms with Gasteiger partial charge in [-0.1, -0.05) is 23.2 Å². The monoisotopic (exact) mass is 610 g/mol. The minimum Gasteiger partial charge on any atom is -0.493 e. The minimum absolute atomic E-state index is 0.250. The maximum atomic E-state index is 12.9. The van der Waals surface area contributed by atoms with Crippen molar-refractivity contribution < 1.29 is 28.2 Å². The molecule has 0 heterocycles. The Labute approximate surface area is 229 Å². The number of ether oxygens (including phenoxy) is 2. The molecular formula is C24H18BrCl2FN4O5. The van der Waals surface area contributed by atoms with Gasteiger partial charge in [0.1, 0.15) is 5.82 Å². The zero-order valence-electron chi connectivity index (χ0n) is 19.0. The lowest BCUT2D eigenvalue weighted by molar-refractivity contribution is -0.136. The van der Waals surface area contributed by atoms with Crippen molar-refractivity contribution in [3.63, 3.8) is 0 Å². The number of benzene rings is 3. The molecule has 0 radical (unpaired) electrons. The van der Waals surface area contributed by atoms with Gasteiger partial charge in [0, 0.05) is 11.4 Å². The van der Waals surface area contributed by atoms with Crippen LogP contribution in [0.4, 0.5) is 15.8 Å². The summed E-state index contributed by atoms with van der Waals surface area (Å²) in [6, 6.07) is 12.7. The Hall–Kier alpha value is -3.67. The van der Waals surface area contributed by atoms with E-state index in [1.165, 1.54) is 31.5 Å². The van der Waals surface area contributed by atoms with Crippen LogP contribution in [0.2, 0.25) is 10.0 Å². The highest BCUT2D eigenvalue weighted by Gasteiger charge is 2.15. The van der Waals surface area contributed by atoms with E-state index in [1.54, 1.807) is 24.3 Å². The van der Waals surface area contributed by atoms with E-state index in [2.05, 4.69) is 37.1 Å². The van der Waals surface area contributed by atoms with E-state index in [0.29, 0.717) is 25.8 Å². The first-order valence-electron chi connectivity index (χ1n) is 10.3. The van der Waals surface area contributed by atoms with Gasteiger partial charge in [0.25, 0.3) is 5.91 Å². The summed E-state index contributed by atoms with van der Waals surface area (Å²) in [4.78, 5) is 36.2. The molecule has 0 saturated carbocycles. The van der Waals surface area contributed by atoms with Gasteiger partial charge in [-0.05, 0) is 76.1 Å². The van der Waals surface area contributed by atoms with Crippen LogP contribution >= 0.6 is 39.1 Å². The van der Waals surface area contributed by atoms with Crippen molar-refractivity contribution in [2.75, 3.05) is 24.4 Å². The minimum atomic E-state index is -1.03. The molecule has 0 aromatic heterocycles. The molecule has 0 spiro atoms. The Kier molecular flexibility index (Phi) is 9.84. The Morgan fingerprint density at radius 1 is 0.973 bits per heavy atom. The topological polar surface area (TPSA) is 118 Å².